The number of nitrogens with zero attached hydrogens (tertiary/aromatic N) is 3. The molecule has 0 bridgehead atoms. The maximum absolute atomic E-state index is 5.91. The quantitative estimate of drug-likeness (QED) is 0.874. The fourth-order valence-electron chi connectivity index (χ4n) is 2.10. The zero-order valence-corrected chi connectivity index (χ0v) is 12.7. The van der Waals surface area contributed by atoms with Gasteiger partial charge in [-0.25, -0.2) is 4.68 Å². The minimum Gasteiger partial charge on any atom is -0.374 e. The summed E-state index contributed by atoms with van der Waals surface area (Å²) in [7, 11) is 3.82. The van der Waals surface area contributed by atoms with E-state index in [1.165, 1.54) is 0 Å². The molecule has 1 N–H and O–H groups in total. The van der Waals surface area contributed by atoms with E-state index in [2.05, 4.69) is 45.4 Å². The molecule has 5 nitrogen and oxygen atoms in total. The van der Waals surface area contributed by atoms with Gasteiger partial charge in [-0.3, -0.25) is 0 Å². The molecule has 0 radical (unpaired) electrons. The molecule has 1 heterocycles. The van der Waals surface area contributed by atoms with Crippen LogP contribution in [0, 0.1) is 0 Å². The summed E-state index contributed by atoms with van der Waals surface area (Å²) in [4.78, 5) is 0. The van der Waals surface area contributed by atoms with Crippen LogP contribution in [0.2, 0.25) is 0 Å². The van der Waals surface area contributed by atoms with Gasteiger partial charge in [-0.05, 0) is 43.2 Å². The maximum Gasteiger partial charge on any atom is 0.153 e. The summed E-state index contributed by atoms with van der Waals surface area (Å²) in [6.07, 6.45) is 0.907. The summed E-state index contributed by atoms with van der Waals surface area (Å²) in [6.45, 7) is 6.93. The Labute approximate surface area is 111 Å². The number of nitrogens with one attached hydrogen (secondary N) is 1. The van der Waals surface area contributed by atoms with Crippen molar-refractivity contribution in [3.05, 3.63) is 10.3 Å². The fourth-order valence-corrected chi connectivity index (χ4v) is 2.65. The highest BCUT2D eigenvalue weighted by Crippen LogP contribution is 2.34. The molecular formula is C11H21BrN4O. The van der Waals surface area contributed by atoms with Crippen molar-refractivity contribution in [2.45, 2.75) is 38.8 Å². The third kappa shape index (κ3) is 2.86. The maximum atomic E-state index is 5.91. The lowest BCUT2D eigenvalue weighted by molar-refractivity contribution is -0.0565. The molecule has 0 aliphatic rings. The van der Waals surface area contributed by atoms with Gasteiger partial charge in [0.2, 0.25) is 0 Å². The summed E-state index contributed by atoms with van der Waals surface area (Å²) in [5.74, 6) is 0. The topological polar surface area (TPSA) is 52.0 Å². The van der Waals surface area contributed by atoms with E-state index in [0.29, 0.717) is 6.61 Å². The zero-order chi connectivity index (χ0) is 13.1. The Morgan fingerprint density at radius 1 is 1.53 bits per heavy atom. The monoisotopic (exact) mass is 304 g/mol. The molecular weight excluding hydrogens is 284 g/mol. The molecule has 1 rings (SSSR count). The van der Waals surface area contributed by atoms with Crippen LogP contribution in [-0.4, -0.2) is 34.2 Å². The van der Waals surface area contributed by atoms with Gasteiger partial charge < -0.3 is 10.1 Å². The molecule has 0 saturated heterocycles. The molecule has 98 valence electrons. The Morgan fingerprint density at radius 3 is 2.53 bits per heavy atom. The van der Waals surface area contributed by atoms with Crippen LogP contribution in [-0.2, 0) is 11.8 Å². The van der Waals surface area contributed by atoms with Gasteiger partial charge in [0.15, 0.2) is 4.60 Å². The number of aromatic nitrogens is 3. The van der Waals surface area contributed by atoms with E-state index in [4.69, 9.17) is 4.74 Å². The lowest BCUT2D eigenvalue weighted by Gasteiger charge is -2.36. The van der Waals surface area contributed by atoms with Crippen LogP contribution in [0.4, 0.5) is 0 Å². The van der Waals surface area contributed by atoms with Crippen LogP contribution in [0.5, 0.6) is 0 Å². The molecule has 2 unspecified atom stereocenters. The van der Waals surface area contributed by atoms with Gasteiger partial charge in [0.25, 0.3) is 0 Å². The summed E-state index contributed by atoms with van der Waals surface area (Å²) in [5, 5.41) is 11.4. The zero-order valence-electron chi connectivity index (χ0n) is 11.1. The van der Waals surface area contributed by atoms with Crippen LogP contribution in [0.25, 0.3) is 0 Å². The number of halogens is 1. The lowest BCUT2D eigenvalue weighted by Crippen LogP contribution is -2.43. The van der Waals surface area contributed by atoms with Crippen LogP contribution in [0.1, 0.15) is 38.9 Å². The van der Waals surface area contributed by atoms with E-state index < -0.39 is 0 Å². The van der Waals surface area contributed by atoms with Crippen molar-refractivity contribution in [1.82, 2.24) is 20.3 Å². The molecule has 0 amide bonds. The third-order valence-corrected chi connectivity index (χ3v) is 3.74. The van der Waals surface area contributed by atoms with Crippen LogP contribution < -0.4 is 5.32 Å². The minimum atomic E-state index is -0.276. The van der Waals surface area contributed by atoms with Gasteiger partial charge in [0, 0.05) is 13.7 Å². The van der Waals surface area contributed by atoms with E-state index in [-0.39, 0.29) is 11.6 Å². The summed E-state index contributed by atoms with van der Waals surface area (Å²) in [6, 6.07) is 0.0434. The first-order valence-electron chi connectivity index (χ1n) is 5.86. The molecule has 6 heteroatoms. The van der Waals surface area contributed by atoms with Crippen molar-refractivity contribution < 1.29 is 4.74 Å². The highest BCUT2D eigenvalue weighted by molar-refractivity contribution is 9.10. The highest BCUT2D eigenvalue weighted by atomic mass is 79.9. The van der Waals surface area contributed by atoms with Crippen LogP contribution >= 0.6 is 15.9 Å². The Kier molecular flexibility index (Phi) is 5.09. The fraction of sp³-hybridized carbons (Fsp3) is 0.818. The van der Waals surface area contributed by atoms with Crippen molar-refractivity contribution in [2.24, 2.45) is 7.05 Å². The Balaban J connectivity index is 3.14. The molecule has 0 aliphatic heterocycles. The molecule has 0 aromatic carbocycles. The second-order valence-electron chi connectivity index (χ2n) is 4.21. The van der Waals surface area contributed by atoms with Gasteiger partial charge in [-0.1, -0.05) is 12.1 Å². The predicted octanol–water partition coefficient (Wildman–Crippen LogP) is 2.04. The van der Waals surface area contributed by atoms with Gasteiger partial charge in [-0.15, -0.1) is 5.10 Å². The number of likely N-dealkylation sites (N-methyl/N-ethyl adjacent to an activating group) is 1. The minimum absolute atomic E-state index is 0.0434. The standard InChI is InChI=1S/C11H21BrN4O/c1-6-11(3,17-7-2)9(13-4)8-10(12)14-15-16(8)5/h9,13H,6-7H2,1-5H3. The van der Waals surface area contributed by atoms with Crippen LogP contribution in [0.3, 0.4) is 0 Å². The normalized spacial score (nSPS) is 16.8. The number of aryl methyl sites for hydroxylation is 1. The first kappa shape index (κ1) is 14.6. The second-order valence-corrected chi connectivity index (χ2v) is 4.96. The number of hydrogen-bond donors (Lipinski definition) is 1. The summed E-state index contributed by atoms with van der Waals surface area (Å²) in [5.41, 5.74) is 0.729. The molecule has 1 aromatic rings. The van der Waals surface area contributed by atoms with E-state index in [9.17, 15) is 0 Å². The molecule has 0 aliphatic carbocycles. The lowest BCUT2D eigenvalue weighted by atomic mass is 9.91. The average Bonchev–Trinajstić information content (AvgIpc) is 2.62. The first-order valence-corrected chi connectivity index (χ1v) is 6.65. The SMILES string of the molecule is CCOC(C)(CC)C(NC)c1c(Br)nnn1C. The molecule has 17 heavy (non-hydrogen) atoms. The van der Waals surface area contributed by atoms with Crippen LogP contribution in [0.15, 0.2) is 4.60 Å². The van der Waals surface area contributed by atoms with E-state index in [1.54, 1.807) is 4.68 Å². The van der Waals surface area contributed by atoms with Gasteiger partial charge in [0.05, 0.1) is 17.3 Å². The predicted molar refractivity (Wildman–Crippen MR) is 70.8 cm³/mol. The van der Waals surface area contributed by atoms with E-state index >= 15 is 0 Å². The third-order valence-electron chi connectivity index (χ3n) is 3.18. The molecule has 0 spiro atoms. The number of rotatable bonds is 6. The molecule has 0 saturated carbocycles. The first-order chi connectivity index (χ1) is 8.00. The largest absolute Gasteiger partial charge is 0.374 e. The Bertz CT molecular complexity index is 349. The Hall–Kier alpha value is -0.460. The van der Waals surface area contributed by atoms with E-state index in [0.717, 1.165) is 16.7 Å². The number of ether oxygens (including phenoxy) is 1. The second kappa shape index (κ2) is 5.93. The Morgan fingerprint density at radius 2 is 2.18 bits per heavy atom. The molecule has 2 atom stereocenters. The number of hydrogen-bond acceptors (Lipinski definition) is 4. The average molecular weight is 305 g/mol. The molecule has 1 aromatic heterocycles. The van der Waals surface area contributed by atoms with Crippen molar-refractivity contribution in [1.29, 1.82) is 0 Å². The summed E-state index contributed by atoms with van der Waals surface area (Å²) < 4.78 is 8.45. The van der Waals surface area contributed by atoms with Crippen molar-refractivity contribution in [3.8, 4) is 0 Å². The highest BCUT2D eigenvalue weighted by Gasteiger charge is 2.37. The van der Waals surface area contributed by atoms with E-state index in [1.807, 2.05) is 21.0 Å². The van der Waals surface area contributed by atoms with Gasteiger partial charge >= 0.3 is 0 Å². The van der Waals surface area contributed by atoms with Gasteiger partial charge in [0.1, 0.15) is 0 Å². The summed E-state index contributed by atoms with van der Waals surface area (Å²) >= 11 is 3.44. The van der Waals surface area contributed by atoms with Crippen molar-refractivity contribution in [3.63, 3.8) is 0 Å². The van der Waals surface area contributed by atoms with Crippen molar-refractivity contribution >= 4 is 15.9 Å². The van der Waals surface area contributed by atoms with Crippen molar-refractivity contribution in [2.75, 3.05) is 13.7 Å². The van der Waals surface area contributed by atoms with Gasteiger partial charge in [-0.2, -0.15) is 0 Å². The smallest absolute Gasteiger partial charge is 0.153 e. The molecule has 0 fully saturated rings.